The number of hydrogen-bond acceptors (Lipinski definition) is 5. The molecule has 0 aromatic heterocycles. The van der Waals surface area contributed by atoms with Crippen molar-refractivity contribution in [1.82, 2.24) is 0 Å². The number of benzene rings is 1. The average molecular weight is 555 g/mol. The van der Waals surface area contributed by atoms with Gasteiger partial charge in [0.15, 0.2) is 6.63 Å². The first-order valence-electron chi connectivity index (χ1n) is 8.74. The molecule has 0 saturated heterocycles. The van der Waals surface area contributed by atoms with E-state index >= 15 is 0 Å². The molecule has 152 valence electrons. The number of terminal acetylenes is 3. The lowest BCUT2D eigenvalue weighted by molar-refractivity contribution is 0.273. The summed E-state index contributed by atoms with van der Waals surface area (Å²) in [5.41, 5.74) is 2.65. The van der Waals surface area contributed by atoms with E-state index in [1.54, 1.807) is 7.11 Å². The van der Waals surface area contributed by atoms with Crippen LogP contribution in [0.2, 0.25) is 6.04 Å². The SMILES string of the molecule is C#CO[Si](OC#C)[Si](CCc1c(C)ccc(CO)c1OC)([Si]([Si])([Si])[Si])[Si]([Si])([Si])OC#C. The Labute approximate surface area is 204 Å². The number of ether oxygens (including phenoxy) is 1. The summed E-state index contributed by atoms with van der Waals surface area (Å²) >= 11 is 0. The molecule has 1 atom stereocenters. The van der Waals surface area contributed by atoms with Crippen molar-refractivity contribution in [3.63, 3.8) is 0 Å². The molecule has 14 heteroatoms. The summed E-state index contributed by atoms with van der Waals surface area (Å²) in [7, 11) is 18.6. The summed E-state index contributed by atoms with van der Waals surface area (Å²) in [6.07, 6.45) is 21.1. The van der Waals surface area contributed by atoms with Crippen LogP contribution in [0.4, 0.5) is 0 Å². The maximum absolute atomic E-state index is 9.73. The molecule has 0 aliphatic rings. The Hall–Kier alpha value is -0.988. The van der Waals surface area contributed by atoms with Gasteiger partial charge in [0, 0.05) is 41.0 Å². The second-order valence-electron chi connectivity index (χ2n) is 6.50. The van der Waals surface area contributed by atoms with Crippen LogP contribution in [0.1, 0.15) is 16.7 Å². The van der Waals surface area contributed by atoms with Crippen LogP contribution in [0, 0.1) is 44.5 Å². The van der Waals surface area contributed by atoms with Crippen LogP contribution < -0.4 is 4.74 Å². The standard InChI is InChI=1S/C17H18O5Si9/c1-6-20-28(21-7-2)29(31(25,26)27,30(23,24)22-8-3)12-11-16-14(4)9-10-15(13-18)17(16)19-5/h1-3,9-10,18H,11-13H2,4-5H3. The highest BCUT2D eigenvalue weighted by Crippen LogP contribution is 2.34. The molecule has 1 rings (SSSR count). The first kappa shape index (κ1) is 28.0. The second kappa shape index (κ2) is 11.8. The third-order valence-corrected chi connectivity index (χ3v) is 81.8. The number of aliphatic hydroxyl groups is 1. The van der Waals surface area contributed by atoms with Crippen LogP contribution in [0.5, 0.6) is 5.75 Å². The van der Waals surface area contributed by atoms with Gasteiger partial charge in [0.25, 0.3) is 0 Å². The highest BCUT2D eigenvalue weighted by molar-refractivity contribution is 8.11. The molecular weight excluding hydrogens is 537 g/mol. The van der Waals surface area contributed by atoms with E-state index in [1.165, 1.54) is 0 Å². The highest BCUT2D eigenvalue weighted by atomic mass is 30.4. The Morgan fingerprint density at radius 3 is 2.03 bits per heavy atom. The first-order valence-corrected chi connectivity index (χ1v) is 26.7. The van der Waals surface area contributed by atoms with E-state index in [2.05, 4.69) is 67.1 Å². The van der Waals surface area contributed by atoms with E-state index in [0.717, 1.165) is 11.1 Å². The van der Waals surface area contributed by atoms with E-state index in [-0.39, 0.29) is 6.61 Å². The lowest BCUT2D eigenvalue weighted by Gasteiger charge is -2.49. The van der Waals surface area contributed by atoms with Gasteiger partial charge in [0.2, 0.25) is 6.87 Å². The summed E-state index contributed by atoms with van der Waals surface area (Å²) in [5, 5.41) is 9.73. The van der Waals surface area contributed by atoms with Crippen molar-refractivity contribution in [2.45, 2.75) is 26.0 Å². The summed E-state index contributed by atoms with van der Waals surface area (Å²) in [6, 6.07) is 4.34. The van der Waals surface area contributed by atoms with Gasteiger partial charge < -0.3 is 23.1 Å². The fourth-order valence-electron chi connectivity index (χ4n) is 3.28. The molecule has 16 radical (unpaired) electrons. The predicted molar refractivity (Wildman–Crippen MR) is 134 cm³/mol. The third-order valence-electron chi connectivity index (χ3n) is 4.81. The zero-order chi connectivity index (χ0) is 23.9. The zero-order valence-electron chi connectivity index (χ0n) is 17.1. The number of aliphatic hydroxyl groups excluding tert-OH is 1. The molecule has 0 aliphatic carbocycles. The molecule has 0 amide bonds. The van der Waals surface area contributed by atoms with Crippen LogP contribution in [-0.2, 0) is 26.3 Å². The lowest BCUT2D eigenvalue weighted by Crippen LogP contribution is -2.88. The summed E-state index contributed by atoms with van der Waals surface area (Å²) in [6.45, 7) is -4.15. The van der Waals surface area contributed by atoms with Crippen molar-refractivity contribution < 1.29 is 23.1 Å². The lowest BCUT2D eigenvalue weighted by atomic mass is 10.0. The maximum Gasteiger partial charge on any atom is 0.512 e. The van der Waals surface area contributed by atoms with Gasteiger partial charge in [-0.05, 0) is 24.5 Å². The van der Waals surface area contributed by atoms with Crippen molar-refractivity contribution in [3.05, 3.63) is 28.8 Å². The first-order chi connectivity index (χ1) is 14.5. The van der Waals surface area contributed by atoms with Gasteiger partial charge in [-0.3, -0.25) is 0 Å². The van der Waals surface area contributed by atoms with E-state index < -0.39 is 28.4 Å². The summed E-state index contributed by atoms with van der Waals surface area (Å²) in [5.74, 6) is 0.632. The van der Waals surface area contributed by atoms with Crippen LogP contribution in [0.15, 0.2) is 12.1 Å². The zero-order valence-corrected chi connectivity index (χ0v) is 26.1. The van der Waals surface area contributed by atoms with Crippen molar-refractivity contribution in [1.29, 1.82) is 0 Å². The van der Waals surface area contributed by atoms with Crippen molar-refractivity contribution in [3.8, 4) is 43.3 Å². The summed E-state index contributed by atoms with van der Waals surface area (Å²) in [4.78, 5) is 0. The number of aryl methyl sites for hydroxylation is 1. The van der Waals surface area contributed by atoms with Gasteiger partial charge >= 0.3 is 8.80 Å². The Morgan fingerprint density at radius 2 is 1.61 bits per heavy atom. The molecule has 0 fully saturated rings. The van der Waals surface area contributed by atoms with Crippen LogP contribution in [0.3, 0.4) is 0 Å². The van der Waals surface area contributed by atoms with Crippen molar-refractivity contribution in [2.24, 2.45) is 0 Å². The molecule has 1 N–H and O–H groups in total. The molecule has 0 aliphatic heterocycles. The largest absolute Gasteiger partial charge is 0.514 e. The average Bonchev–Trinajstić information content (AvgIpc) is 2.68. The summed E-state index contributed by atoms with van der Waals surface area (Å²) < 4.78 is 22.7. The highest BCUT2D eigenvalue weighted by Gasteiger charge is 2.69. The van der Waals surface area contributed by atoms with Crippen LogP contribution in [0.25, 0.3) is 0 Å². The van der Waals surface area contributed by atoms with Crippen LogP contribution >= 0.6 is 0 Å². The van der Waals surface area contributed by atoms with Gasteiger partial charge in [0.05, 0.1) is 51.6 Å². The van der Waals surface area contributed by atoms with E-state index in [1.807, 2.05) is 19.1 Å². The van der Waals surface area contributed by atoms with Gasteiger partial charge in [-0.25, -0.2) is 0 Å². The number of rotatable bonds is 11. The molecule has 1 unspecified atom stereocenters. The van der Waals surface area contributed by atoms with E-state index in [9.17, 15) is 5.11 Å². The minimum atomic E-state index is -3.03. The number of hydrogen-bond donors (Lipinski definition) is 1. The molecule has 5 nitrogen and oxygen atoms in total. The molecular formula is C17H18O5Si9. The van der Waals surface area contributed by atoms with Gasteiger partial charge in [-0.2, -0.15) is 0 Å². The Bertz CT molecular complexity index is 881. The molecule has 1 aromatic carbocycles. The quantitative estimate of drug-likeness (QED) is 0.274. The minimum absolute atomic E-state index is 0.142. The molecule has 0 saturated carbocycles. The van der Waals surface area contributed by atoms with Crippen molar-refractivity contribution in [2.75, 3.05) is 7.11 Å². The smallest absolute Gasteiger partial charge is 0.512 e. The molecule has 1 aromatic rings. The Balaban J connectivity index is 3.73. The van der Waals surface area contributed by atoms with Crippen molar-refractivity contribution >= 4 is 77.2 Å². The maximum atomic E-state index is 9.73. The third kappa shape index (κ3) is 5.88. The Morgan fingerprint density at radius 1 is 1.03 bits per heavy atom. The fraction of sp³-hybridized carbons (Fsp3) is 0.294. The van der Waals surface area contributed by atoms with Gasteiger partial charge in [-0.15, -0.1) is 0 Å². The fourth-order valence-corrected chi connectivity index (χ4v) is 93.5. The monoisotopic (exact) mass is 554 g/mol. The second-order valence-corrected chi connectivity index (χ2v) is 55.1. The minimum Gasteiger partial charge on any atom is -0.514 e. The topological polar surface area (TPSA) is 57.2 Å². The van der Waals surface area contributed by atoms with Gasteiger partial charge in [-0.1, -0.05) is 37.4 Å². The molecule has 31 heavy (non-hydrogen) atoms. The van der Waals surface area contributed by atoms with Gasteiger partial charge in [0.1, 0.15) is 5.75 Å². The normalized spacial score (nSPS) is 13.4. The van der Waals surface area contributed by atoms with E-state index in [4.69, 9.17) is 37.3 Å². The molecule has 0 spiro atoms. The Kier molecular flexibility index (Phi) is 10.6. The molecule has 0 heterocycles. The molecule has 0 bridgehead atoms. The van der Waals surface area contributed by atoms with Crippen LogP contribution in [-0.4, -0.2) is 89.5 Å². The predicted octanol–water partition coefficient (Wildman–Crippen LogP) is -1.25. The van der Waals surface area contributed by atoms with E-state index in [0.29, 0.717) is 23.8 Å². The number of methoxy groups -OCH3 is 1.